The topological polar surface area (TPSA) is 90.1 Å². The number of nitrogens with zero attached hydrogens (tertiary/aromatic N) is 2. The molecule has 0 bridgehead atoms. The number of rotatable bonds is 2. The Labute approximate surface area is 159 Å². The van der Waals surface area contributed by atoms with Gasteiger partial charge in [0.05, 0.1) is 22.3 Å². The zero-order valence-corrected chi connectivity index (χ0v) is 15.2. The molecule has 3 atom stereocenters. The molecule has 136 valence electrons. The fourth-order valence-electron chi connectivity index (χ4n) is 3.68. The number of amides is 1. The lowest BCUT2D eigenvalue weighted by atomic mass is 9.85. The molecule has 0 aliphatic carbocycles. The van der Waals surface area contributed by atoms with Gasteiger partial charge in [-0.25, -0.2) is 10.4 Å². The number of hydrazine groups is 1. The molecule has 26 heavy (non-hydrogen) atoms. The van der Waals surface area contributed by atoms with Crippen molar-refractivity contribution in [2.45, 2.75) is 18.5 Å². The highest BCUT2D eigenvalue weighted by molar-refractivity contribution is 6.42. The van der Waals surface area contributed by atoms with Crippen LogP contribution in [0.3, 0.4) is 0 Å². The first-order chi connectivity index (χ1) is 12.5. The van der Waals surface area contributed by atoms with E-state index in [1.54, 1.807) is 11.0 Å². The summed E-state index contributed by atoms with van der Waals surface area (Å²) < 4.78 is 0. The van der Waals surface area contributed by atoms with Gasteiger partial charge in [-0.15, -0.1) is 0 Å². The second kappa shape index (κ2) is 7.00. The Kier molecular flexibility index (Phi) is 4.71. The molecule has 4 rings (SSSR count). The minimum atomic E-state index is -0.333. The van der Waals surface area contributed by atoms with E-state index in [0.29, 0.717) is 23.1 Å². The molecule has 2 aromatic rings. The van der Waals surface area contributed by atoms with Crippen molar-refractivity contribution in [3.63, 3.8) is 0 Å². The monoisotopic (exact) mass is 393 g/mol. The molecular formula is C17H17Cl2N5O2. The Hall–Kier alpha value is -1.93. The minimum absolute atomic E-state index is 0.0506. The lowest BCUT2D eigenvalue weighted by Gasteiger charge is -2.36. The molecule has 0 radical (unpaired) electrons. The number of carbonyl (C=O) groups excluding carboxylic acids is 1. The third kappa shape index (κ3) is 3.12. The summed E-state index contributed by atoms with van der Waals surface area (Å²) in [7, 11) is 0. The van der Waals surface area contributed by atoms with Crippen molar-refractivity contribution < 1.29 is 4.79 Å². The maximum absolute atomic E-state index is 12.7. The van der Waals surface area contributed by atoms with E-state index >= 15 is 0 Å². The highest BCUT2D eigenvalue weighted by Crippen LogP contribution is 2.39. The first-order valence-corrected chi connectivity index (χ1v) is 9.09. The SMILES string of the molecule is O=C(c1c[nH]c(=O)cn1)N1CCC2NNC(c3cccc(Cl)c3Cl)C2C1. The number of nitrogens with one attached hydrogen (secondary N) is 3. The summed E-state index contributed by atoms with van der Waals surface area (Å²) in [6, 6.07) is 5.76. The number of aromatic nitrogens is 2. The Morgan fingerprint density at radius 3 is 2.88 bits per heavy atom. The molecule has 2 aliphatic heterocycles. The van der Waals surface area contributed by atoms with Gasteiger partial charge in [-0.05, 0) is 18.1 Å². The maximum atomic E-state index is 12.7. The summed E-state index contributed by atoms with van der Waals surface area (Å²) in [5.41, 5.74) is 7.42. The van der Waals surface area contributed by atoms with Crippen molar-refractivity contribution in [3.8, 4) is 0 Å². The van der Waals surface area contributed by atoms with Gasteiger partial charge in [0.2, 0.25) is 0 Å². The van der Waals surface area contributed by atoms with E-state index in [1.807, 2.05) is 12.1 Å². The molecule has 3 heterocycles. The van der Waals surface area contributed by atoms with Crippen LogP contribution in [0.1, 0.15) is 28.5 Å². The molecule has 2 fully saturated rings. The Bertz CT molecular complexity index is 882. The van der Waals surface area contributed by atoms with E-state index in [0.717, 1.165) is 18.2 Å². The summed E-state index contributed by atoms with van der Waals surface area (Å²) in [4.78, 5) is 32.1. The van der Waals surface area contributed by atoms with Crippen LogP contribution in [0.15, 0.2) is 35.4 Å². The molecule has 1 aromatic heterocycles. The van der Waals surface area contributed by atoms with Gasteiger partial charge in [-0.2, -0.15) is 0 Å². The third-order valence-electron chi connectivity index (χ3n) is 5.01. The number of carbonyl (C=O) groups is 1. The predicted molar refractivity (Wildman–Crippen MR) is 98.1 cm³/mol. The van der Waals surface area contributed by atoms with Crippen LogP contribution in [0.2, 0.25) is 10.0 Å². The van der Waals surface area contributed by atoms with Crippen molar-refractivity contribution in [3.05, 3.63) is 62.2 Å². The van der Waals surface area contributed by atoms with Gasteiger partial charge in [-0.1, -0.05) is 35.3 Å². The lowest BCUT2D eigenvalue weighted by molar-refractivity contribution is 0.0646. The lowest BCUT2D eigenvalue weighted by Crippen LogP contribution is -2.48. The summed E-state index contributed by atoms with van der Waals surface area (Å²) in [5.74, 6) is -0.0473. The second-order valence-electron chi connectivity index (χ2n) is 6.52. The molecule has 0 saturated carbocycles. The average molecular weight is 394 g/mol. The van der Waals surface area contributed by atoms with Crippen LogP contribution in [0, 0.1) is 5.92 Å². The third-order valence-corrected chi connectivity index (χ3v) is 5.84. The fourth-order valence-corrected chi connectivity index (χ4v) is 4.10. The second-order valence-corrected chi connectivity index (χ2v) is 7.30. The number of hydrogen-bond donors (Lipinski definition) is 3. The highest BCUT2D eigenvalue weighted by Gasteiger charge is 2.42. The largest absolute Gasteiger partial charge is 0.337 e. The van der Waals surface area contributed by atoms with Crippen LogP contribution in [-0.2, 0) is 0 Å². The van der Waals surface area contributed by atoms with Crippen LogP contribution >= 0.6 is 23.2 Å². The number of fused-ring (bicyclic) bond motifs is 1. The van der Waals surface area contributed by atoms with Crippen molar-refractivity contribution in [2.24, 2.45) is 5.92 Å². The number of aromatic amines is 1. The van der Waals surface area contributed by atoms with Gasteiger partial charge in [0.1, 0.15) is 5.69 Å². The van der Waals surface area contributed by atoms with E-state index < -0.39 is 0 Å². The van der Waals surface area contributed by atoms with Crippen molar-refractivity contribution in [2.75, 3.05) is 13.1 Å². The molecule has 1 amide bonds. The number of piperidine rings is 1. The number of benzene rings is 1. The zero-order valence-electron chi connectivity index (χ0n) is 13.7. The number of likely N-dealkylation sites (tertiary alicyclic amines) is 1. The highest BCUT2D eigenvalue weighted by atomic mass is 35.5. The molecule has 1 aromatic carbocycles. The quantitative estimate of drug-likeness (QED) is 0.722. The molecule has 0 spiro atoms. The van der Waals surface area contributed by atoms with Gasteiger partial charge in [0.15, 0.2) is 0 Å². The molecule has 2 saturated heterocycles. The van der Waals surface area contributed by atoms with Gasteiger partial charge in [0.25, 0.3) is 11.5 Å². The average Bonchev–Trinajstić information content (AvgIpc) is 3.07. The van der Waals surface area contributed by atoms with Crippen molar-refractivity contribution >= 4 is 29.1 Å². The fraction of sp³-hybridized carbons (Fsp3) is 0.353. The first kappa shape index (κ1) is 17.5. The van der Waals surface area contributed by atoms with Gasteiger partial charge < -0.3 is 9.88 Å². The minimum Gasteiger partial charge on any atom is -0.337 e. The van der Waals surface area contributed by atoms with Gasteiger partial charge in [0, 0.05) is 31.2 Å². The molecular weight excluding hydrogens is 377 g/mol. The number of hydrogen-bond acceptors (Lipinski definition) is 5. The van der Waals surface area contributed by atoms with E-state index in [9.17, 15) is 9.59 Å². The summed E-state index contributed by atoms with van der Waals surface area (Å²) >= 11 is 12.5. The molecule has 2 aliphatic rings. The summed E-state index contributed by atoms with van der Waals surface area (Å²) in [6.45, 7) is 1.17. The molecule has 3 N–H and O–H groups in total. The van der Waals surface area contributed by atoms with E-state index in [1.165, 1.54) is 6.20 Å². The molecule has 9 heteroatoms. The van der Waals surface area contributed by atoms with Gasteiger partial charge >= 0.3 is 0 Å². The van der Waals surface area contributed by atoms with Crippen molar-refractivity contribution in [1.82, 2.24) is 25.7 Å². The predicted octanol–water partition coefficient (Wildman–Crippen LogP) is 1.76. The van der Waals surface area contributed by atoms with Crippen LogP contribution < -0.4 is 16.4 Å². The molecule has 3 unspecified atom stereocenters. The Morgan fingerprint density at radius 2 is 2.12 bits per heavy atom. The summed E-state index contributed by atoms with van der Waals surface area (Å²) in [5, 5.41) is 1.04. The summed E-state index contributed by atoms with van der Waals surface area (Å²) in [6.07, 6.45) is 3.28. The van der Waals surface area contributed by atoms with Crippen molar-refractivity contribution in [1.29, 1.82) is 0 Å². The van der Waals surface area contributed by atoms with Crippen LogP contribution in [0.4, 0.5) is 0 Å². The van der Waals surface area contributed by atoms with Gasteiger partial charge in [-0.3, -0.25) is 15.0 Å². The zero-order chi connectivity index (χ0) is 18.3. The first-order valence-electron chi connectivity index (χ1n) is 8.33. The van der Waals surface area contributed by atoms with E-state index in [-0.39, 0.29) is 35.2 Å². The van der Waals surface area contributed by atoms with E-state index in [4.69, 9.17) is 23.2 Å². The van der Waals surface area contributed by atoms with Crippen LogP contribution in [-0.4, -0.2) is 39.9 Å². The Morgan fingerprint density at radius 1 is 1.27 bits per heavy atom. The normalized spacial score (nSPS) is 25.2. The standard InChI is InChI=1S/C17H17Cl2N5O2/c18-11-3-1-2-9(15(11)19)16-10-8-24(5-4-12(10)22-23-16)17(26)13-6-21-14(25)7-20-13/h1-3,6-7,10,12,16,22-23H,4-5,8H2,(H,21,25). The van der Waals surface area contributed by atoms with Crippen LogP contribution in [0.5, 0.6) is 0 Å². The smallest absolute Gasteiger partial charge is 0.273 e. The maximum Gasteiger partial charge on any atom is 0.273 e. The van der Waals surface area contributed by atoms with E-state index in [2.05, 4.69) is 20.8 Å². The molecule has 7 nitrogen and oxygen atoms in total. The van der Waals surface area contributed by atoms with Crippen LogP contribution in [0.25, 0.3) is 0 Å². The Balaban J connectivity index is 1.57. The number of H-pyrrole nitrogens is 1. The number of halogens is 2.